The Labute approximate surface area is 114 Å². The minimum Gasteiger partial charge on any atom is -0.313 e. The molecule has 1 aromatic carbocycles. The van der Waals surface area contributed by atoms with Crippen LogP contribution in [0.15, 0.2) is 48.7 Å². The molecule has 0 saturated heterocycles. The summed E-state index contributed by atoms with van der Waals surface area (Å²) in [6.45, 7) is 1.05. The second-order valence-corrected chi connectivity index (χ2v) is 5.24. The molecule has 1 aliphatic carbocycles. The summed E-state index contributed by atoms with van der Waals surface area (Å²) < 4.78 is 0. The van der Waals surface area contributed by atoms with E-state index in [0.29, 0.717) is 6.04 Å². The maximum absolute atomic E-state index is 4.50. The molecule has 0 aliphatic heterocycles. The van der Waals surface area contributed by atoms with Crippen molar-refractivity contribution in [1.82, 2.24) is 10.3 Å². The third-order valence-corrected chi connectivity index (χ3v) is 3.88. The summed E-state index contributed by atoms with van der Waals surface area (Å²) in [5, 5.41) is 3.67. The van der Waals surface area contributed by atoms with Gasteiger partial charge in [-0.3, -0.25) is 4.98 Å². The Kier molecular flexibility index (Phi) is 3.89. The number of rotatable bonds is 4. The second-order valence-electron chi connectivity index (χ2n) is 5.24. The minimum atomic E-state index is 0.589. The van der Waals surface area contributed by atoms with Crippen LogP contribution in [0.1, 0.15) is 23.2 Å². The van der Waals surface area contributed by atoms with Gasteiger partial charge in [-0.1, -0.05) is 36.4 Å². The predicted molar refractivity (Wildman–Crippen MR) is 78.2 cm³/mol. The highest BCUT2D eigenvalue weighted by Gasteiger charge is 2.18. The average Bonchev–Trinajstić information content (AvgIpc) is 2.48. The molecule has 1 N–H and O–H groups in total. The predicted octanol–water partition coefficient (Wildman–Crippen LogP) is 2.77. The lowest BCUT2D eigenvalue weighted by atomic mass is 9.92. The lowest BCUT2D eigenvalue weighted by molar-refractivity contribution is 0.456. The van der Waals surface area contributed by atoms with Crippen LogP contribution in [0.4, 0.5) is 0 Å². The van der Waals surface area contributed by atoms with Crippen molar-refractivity contribution in [3.8, 4) is 0 Å². The summed E-state index contributed by atoms with van der Waals surface area (Å²) in [5.74, 6) is 0. The van der Waals surface area contributed by atoms with Gasteiger partial charge in [0.25, 0.3) is 0 Å². The Morgan fingerprint density at radius 3 is 2.89 bits per heavy atom. The Bertz CT molecular complexity index is 522. The molecule has 3 rings (SSSR count). The summed E-state index contributed by atoms with van der Waals surface area (Å²) >= 11 is 0. The van der Waals surface area contributed by atoms with E-state index in [-0.39, 0.29) is 0 Å². The zero-order valence-electron chi connectivity index (χ0n) is 11.2. The topological polar surface area (TPSA) is 24.9 Å². The average molecular weight is 252 g/mol. The normalized spacial score (nSPS) is 18.0. The van der Waals surface area contributed by atoms with E-state index in [1.54, 1.807) is 0 Å². The first-order valence-corrected chi connectivity index (χ1v) is 7.12. The standard InChI is InChI=1S/C17H20N2/c1-2-5-14(6-3-1)10-12-18-16-9-8-15-7-4-11-19-17(15)13-16/h1-7,11,16,18H,8-10,12-13H2. The van der Waals surface area contributed by atoms with E-state index in [2.05, 4.69) is 46.7 Å². The third-order valence-electron chi connectivity index (χ3n) is 3.88. The van der Waals surface area contributed by atoms with Gasteiger partial charge in [-0.05, 0) is 43.0 Å². The van der Waals surface area contributed by atoms with E-state index in [0.717, 1.165) is 25.8 Å². The van der Waals surface area contributed by atoms with Crippen molar-refractivity contribution in [2.24, 2.45) is 0 Å². The Hall–Kier alpha value is -1.67. The first-order valence-electron chi connectivity index (χ1n) is 7.12. The van der Waals surface area contributed by atoms with Crippen molar-refractivity contribution in [3.63, 3.8) is 0 Å². The highest BCUT2D eigenvalue weighted by molar-refractivity contribution is 5.23. The zero-order valence-corrected chi connectivity index (χ0v) is 11.2. The molecule has 0 saturated carbocycles. The maximum Gasteiger partial charge on any atom is 0.0451 e. The molecule has 19 heavy (non-hydrogen) atoms. The molecule has 2 nitrogen and oxygen atoms in total. The molecule has 2 heteroatoms. The first kappa shape index (κ1) is 12.4. The van der Waals surface area contributed by atoms with Crippen LogP contribution in [-0.4, -0.2) is 17.6 Å². The lowest BCUT2D eigenvalue weighted by Gasteiger charge is -2.24. The summed E-state index contributed by atoms with van der Waals surface area (Å²) in [5.41, 5.74) is 4.12. The molecule has 0 fully saturated rings. The first-order chi connectivity index (χ1) is 9.42. The second kappa shape index (κ2) is 5.98. The molecule has 98 valence electrons. The van der Waals surface area contributed by atoms with Crippen LogP contribution in [0.3, 0.4) is 0 Å². The molecule has 0 radical (unpaired) electrons. The molecule has 0 spiro atoms. The molecule has 1 heterocycles. The van der Waals surface area contributed by atoms with Crippen molar-refractivity contribution >= 4 is 0 Å². The molecular formula is C17H20N2. The van der Waals surface area contributed by atoms with E-state index >= 15 is 0 Å². The number of pyridine rings is 1. The minimum absolute atomic E-state index is 0.589. The molecule has 0 amide bonds. The van der Waals surface area contributed by atoms with Gasteiger partial charge < -0.3 is 5.32 Å². The highest BCUT2D eigenvalue weighted by atomic mass is 14.9. The van der Waals surface area contributed by atoms with Crippen LogP contribution in [-0.2, 0) is 19.3 Å². The summed E-state index contributed by atoms with van der Waals surface area (Å²) in [4.78, 5) is 4.50. The van der Waals surface area contributed by atoms with E-state index in [9.17, 15) is 0 Å². The van der Waals surface area contributed by atoms with Crippen molar-refractivity contribution in [3.05, 3.63) is 65.5 Å². The van der Waals surface area contributed by atoms with Crippen molar-refractivity contribution in [2.75, 3.05) is 6.54 Å². The van der Waals surface area contributed by atoms with Gasteiger partial charge in [0.2, 0.25) is 0 Å². The SMILES string of the molecule is c1ccc(CCNC2CCc3cccnc3C2)cc1. The number of aryl methyl sites for hydroxylation is 1. The van der Waals surface area contributed by atoms with E-state index in [1.165, 1.54) is 23.2 Å². The fourth-order valence-corrected chi connectivity index (χ4v) is 2.79. The molecular weight excluding hydrogens is 232 g/mol. The van der Waals surface area contributed by atoms with E-state index < -0.39 is 0 Å². The van der Waals surface area contributed by atoms with Gasteiger partial charge in [0.15, 0.2) is 0 Å². The number of nitrogens with one attached hydrogen (secondary N) is 1. The smallest absolute Gasteiger partial charge is 0.0451 e. The van der Waals surface area contributed by atoms with Crippen LogP contribution >= 0.6 is 0 Å². The van der Waals surface area contributed by atoms with Gasteiger partial charge in [-0.2, -0.15) is 0 Å². The van der Waals surface area contributed by atoms with Gasteiger partial charge >= 0.3 is 0 Å². The molecule has 1 atom stereocenters. The monoisotopic (exact) mass is 252 g/mol. The molecule has 0 bridgehead atoms. The Morgan fingerprint density at radius 2 is 2.00 bits per heavy atom. The van der Waals surface area contributed by atoms with Crippen LogP contribution in [0.2, 0.25) is 0 Å². The Morgan fingerprint density at radius 1 is 1.11 bits per heavy atom. The van der Waals surface area contributed by atoms with Gasteiger partial charge in [0.1, 0.15) is 0 Å². The summed E-state index contributed by atoms with van der Waals surface area (Å²) in [6, 6.07) is 15.5. The molecule has 1 aromatic heterocycles. The van der Waals surface area contributed by atoms with Crippen LogP contribution < -0.4 is 5.32 Å². The summed E-state index contributed by atoms with van der Waals surface area (Å²) in [6.07, 6.45) is 6.47. The third kappa shape index (κ3) is 3.21. The quantitative estimate of drug-likeness (QED) is 0.905. The van der Waals surface area contributed by atoms with Crippen molar-refractivity contribution < 1.29 is 0 Å². The Balaban J connectivity index is 1.50. The molecule has 1 unspecified atom stereocenters. The van der Waals surface area contributed by atoms with Gasteiger partial charge in [-0.15, -0.1) is 0 Å². The summed E-state index contributed by atoms with van der Waals surface area (Å²) in [7, 11) is 0. The highest BCUT2D eigenvalue weighted by Crippen LogP contribution is 2.18. The largest absolute Gasteiger partial charge is 0.313 e. The van der Waals surface area contributed by atoms with Gasteiger partial charge in [0, 0.05) is 24.4 Å². The van der Waals surface area contributed by atoms with E-state index in [1.807, 2.05) is 12.3 Å². The zero-order chi connectivity index (χ0) is 12.9. The lowest BCUT2D eigenvalue weighted by Crippen LogP contribution is -2.36. The number of fused-ring (bicyclic) bond motifs is 1. The number of aromatic nitrogens is 1. The number of hydrogen-bond donors (Lipinski definition) is 1. The number of nitrogens with zero attached hydrogens (tertiary/aromatic N) is 1. The fraction of sp³-hybridized carbons (Fsp3) is 0.353. The fourth-order valence-electron chi connectivity index (χ4n) is 2.79. The number of hydrogen-bond acceptors (Lipinski definition) is 2. The van der Waals surface area contributed by atoms with Crippen LogP contribution in [0, 0.1) is 0 Å². The van der Waals surface area contributed by atoms with E-state index in [4.69, 9.17) is 0 Å². The molecule has 1 aliphatic rings. The van der Waals surface area contributed by atoms with Gasteiger partial charge in [0.05, 0.1) is 0 Å². The van der Waals surface area contributed by atoms with Gasteiger partial charge in [-0.25, -0.2) is 0 Å². The van der Waals surface area contributed by atoms with Crippen molar-refractivity contribution in [2.45, 2.75) is 31.7 Å². The molecule has 2 aromatic rings. The number of benzene rings is 1. The van der Waals surface area contributed by atoms with Crippen LogP contribution in [0.5, 0.6) is 0 Å². The van der Waals surface area contributed by atoms with Crippen LogP contribution in [0.25, 0.3) is 0 Å². The van der Waals surface area contributed by atoms with Crippen molar-refractivity contribution in [1.29, 1.82) is 0 Å². The maximum atomic E-state index is 4.50.